The van der Waals surface area contributed by atoms with Crippen LogP contribution < -0.4 is 10.1 Å². The van der Waals surface area contributed by atoms with Crippen LogP contribution in [0.15, 0.2) is 63.4 Å². The number of aryl methyl sites for hydroxylation is 1. The van der Waals surface area contributed by atoms with Crippen molar-refractivity contribution in [1.82, 2.24) is 9.55 Å². The van der Waals surface area contributed by atoms with Crippen LogP contribution in [0.3, 0.4) is 0 Å². The molecule has 0 aliphatic heterocycles. The molecule has 0 aliphatic rings. The summed E-state index contributed by atoms with van der Waals surface area (Å²) in [5.41, 5.74) is 2.88. The fourth-order valence-corrected chi connectivity index (χ4v) is 6.03. The molecule has 4 rings (SSSR count). The minimum absolute atomic E-state index is 0.141. The fourth-order valence-electron chi connectivity index (χ4n) is 3.04. The van der Waals surface area contributed by atoms with Crippen molar-refractivity contribution in [3.8, 4) is 11.3 Å². The highest BCUT2D eigenvalue weighted by Gasteiger charge is 2.11. The van der Waals surface area contributed by atoms with Crippen molar-refractivity contribution >= 4 is 77.5 Å². The van der Waals surface area contributed by atoms with Gasteiger partial charge in [-0.25, -0.2) is 4.98 Å². The van der Waals surface area contributed by atoms with Gasteiger partial charge in [-0.1, -0.05) is 57.6 Å². The molecule has 0 saturated heterocycles. The van der Waals surface area contributed by atoms with Crippen molar-refractivity contribution in [2.45, 2.75) is 13.5 Å². The molecule has 0 saturated carbocycles. The number of thiazole rings is 2. The first kappa shape index (κ1) is 22.9. The molecule has 0 unspecified atom stereocenters. The number of nitrogens with one attached hydrogen (secondary N) is 1. The summed E-state index contributed by atoms with van der Waals surface area (Å²) in [6, 6.07) is 15.8. The van der Waals surface area contributed by atoms with Crippen LogP contribution in [0.2, 0.25) is 0 Å². The third kappa shape index (κ3) is 5.55. The summed E-state index contributed by atoms with van der Waals surface area (Å²) < 4.78 is 4.08. The number of hydrogen-bond donors (Lipinski definition) is 1. The Kier molecular flexibility index (Phi) is 7.56. The minimum Gasteiger partial charge on any atom is -0.317 e. The molecule has 10 heteroatoms. The Hall–Kier alpha value is -2.27. The number of benzene rings is 2. The zero-order chi connectivity index (χ0) is 22.5. The number of hydrogen-bond acceptors (Lipinski definition) is 6. The van der Waals surface area contributed by atoms with Gasteiger partial charge in [-0.2, -0.15) is 4.99 Å². The van der Waals surface area contributed by atoms with E-state index in [9.17, 15) is 9.59 Å². The van der Waals surface area contributed by atoms with E-state index in [0.29, 0.717) is 9.93 Å². The molecule has 0 atom stereocenters. The van der Waals surface area contributed by atoms with Crippen LogP contribution in [0.5, 0.6) is 0 Å². The number of carbonyl (C=O) groups is 2. The van der Waals surface area contributed by atoms with Gasteiger partial charge in [0.25, 0.3) is 5.91 Å². The second-order valence-electron chi connectivity index (χ2n) is 6.69. The van der Waals surface area contributed by atoms with E-state index in [4.69, 9.17) is 0 Å². The molecular weight excluding hydrogens is 528 g/mol. The van der Waals surface area contributed by atoms with Crippen LogP contribution in [0.1, 0.15) is 6.92 Å². The third-order valence-corrected chi connectivity index (χ3v) is 7.67. The van der Waals surface area contributed by atoms with Crippen molar-refractivity contribution in [3.05, 3.63) is 63.2 Å². The predicted molar refractivity (Wildman–Crippen MR) is 137 cm³/mol. The quantitative estimate of drug-likeness (QED) is 0.336. The van der Waals surface area contributed by atoms with E-state index in [1.54, 1.807) is 0 Å². The summed E-state index contributed by atoms with van der Waals surface area (Å²) in [5.74, 6) is -0.139. The Labute approximate surface area is 205 Å². The lowest BCUT2D eigenvalue weighted by molar-refractivity contribution is -0.115. The van der Waals surface area contributed by atoms with Gasteiger partial charge in [0, 0.05) is 22.0 Å². The second-order valence-corrected chi connectivity index (χ2v) is 10.5. The van der Waals surface area contributed by atoms with Crippen LogP contribution >= 0.6 is 50.4 Å². The molecule has 1 N–H and O–H groups in total. The number of halogens is 1. The number of aromatic nitrogens is 2. The first-order valence-electron chi connectivity index (χ1n) is 9.78. The van der Waals surface area contributed by atoms with Gasteiger partial charge in [0.05, 0.1) is 27.4 Å². The lowest BCUT2D eigenvalue weighted by atomic mass is 10.2. The summed E-state index contributed by atoms with van der Waals surface area (Å²) in [7, 11) is 0. The Balaban J connectivity index is 1.33. The highest BCUT2D eigenvalue weighted by molar-refractivity contribution is 9.10. The van der Waals surface area contributed by atoms with E-state index in [0.717, 1.165) is 32.5 Å². The second kappa shape index (κ2) is 10.6. The molecule has 0 radical (unpaired) electrons. The summed E-state index contributed by atoms with van der Waals surface area (Å²) in [6.45, 7) is 2.75. The third-order valence-electron chi connectivity index (χ3n) is 4.46. The zero-order valence-electron chi connectivity index (χ0n) is 17.1. The number of amides is 2. The molecule has 0 bridgehead atoms. The van der Waals surface area contributed by atoms with E-state index in [2.05, 4.69) is 31.2 Å². The van der Waals surface area contributed by atoms with Crippen LogP contribution in [-0.4, -0.2) is 32.9 Å². The summed E-state index contributed by atoms with van der Waals surface area (Å²) in [4.78, 5) is 34.0. The van der Waals surface area contributed by atoms with E-state index >= 15 is 0 Å². The number of thioether (sulfide) groups is 1. The molecule has 0 spiro atoms. The Morgan fingerprint density at radius 3 is 2.78 bits per heavy atom. The molecular formula is C22H19BrN4O2S3. The molecule has 2 amide bonds. The highest BCUT2D eigenvalue weighted by Crippen LogP contribution is 2.25. The maximum Gasteiger partial charge on any atom is 0.258 e. The van der Waals surface area contributed by atoms with Crippen molar-refractivity contribution in [1.29, 1.82) is 0 Å². The van der Waals surface area contributed by atoms with Gasteiger partial charge in [0.2, 0.25) is 5.91 Å². The average Bonchev–Trinajstić information content (AvgIpc) is 3.37. The molecule has 2 aromatic heterocycles. The van der Waals surface area contributed by atoms with Crippen molar-refractivity contribution in [2.24, 2.45) is 4.99 Å². The van der Waals surface area contributed by atoms with Crippen LogP contribution in [0.25, 0.3) is 21.5 Å². The minimum atomic E-state index is -0.253. The number of nitrogens with zero attached hydrogens (tertiary/aromatic N) is 3. The van der Waals surface area contributed by atoms with E-state index in [-0.39, 0.29) is 23.3 Å². The first-order chi connectivity index (χ1) is 15.5. The Bertz CT molecular complexity index is 1330. The molecule has 6 nitrogen and oxygen atoms in total. The zero-order valence-corrected chi connectivity index (χ0v) is 21.1. The molecule has 4 aromatic rings. The smallest absolute Gasteiger partial charge is 0.258 e. The van der Waals surface area contributed by atoms with Crippen molar-refractivity contribution < 1.29 is 9.59 Å². The van der Waals surface area contributed by atoms with Gasteiger partial charge < -0.3 is 9.88 Å². The van der Waals surface area contributed by atoms with Crippen molar-refractivity contribution in [2.75, 3.05) is 16.8 Å². The lowest BCUT2D eigenvalue weighted by Crippen LogP contribution is -2.18. The fraction of sp³-hybridized carbons (Fsp3) is 0.182. The van der Waals surface area contributed by atoms with Crippen LogP contribution in [0, 0.1) is 0 Å². The lowest BCUT2D eigenvalue weighted by Gasteiger charge is -2.01. The highest BCUT2D eigenvalue weighted by atomic mass is 79.9. The number of anilines is 1. The molecule has 0 fully saturated rings. The molecule has 32 heavy (non-hydrogen) atoms. The van der Waals surface area contributed by atoms with E-state index in [1.807, 2.05) is 65.4 Å². The molecule has 2 heterocycles. The SMILES string of the molecule is CCn1c(=NC(=O)CSCC(=O)Nc2nc(-c3ccccc3)cs2)sc2cc(Br)ccc21. The van der Waals surface area contributed by atoms with Gasteiger partial charge in [-0.05, 0) is 25.1 Å². The van der Waals surface area contributed by atoms with Gasteiger partial charge >= 0.3 is 0 Å². The summed E-state index contributed by atoms with van der Waals surface area (Å²) in [5, 5.41) is 5.25. The maximum atomic E-state index is 12.4. The average molecular weight is 548 g/mol. The normalized spacial score (nSPS) is 11.8. The van der Waals surface area contributed by atoms with E-state index < -0.39 is 0 Å². The number of rotatable bonds is 7. The summed E-state index contributed by atoms with van der Waals surface area (Å²) >= 11 is 7.58. The topological polar surface area (TPSA) is 76.3 Å². The van der Waals surface area contributed by atoms with Gasteiger partial charge in [0.15, 0.2) is 9.93 Å². The van der Waals surface area contributed by atoms with Gasteiger partial charge in [-0.3, -0.25) is 9.59 Å². The first-order valence-corrected chi connectivity index (χ1v) is 13.4. The molecule has 2 aromatic carbocycles. The number of fused-ring (bicyclic) bond motifs is 1. The summed E-state index contributed by atoms with van der Waals surface area (Å²) in [6.07, 6.45) is 0. The Morgan fingerprint density at radius 1 is 1.19 bits per heavy atom. The van der Waals surface area contributed by atoms with E-state index in [1.165, 1.54) is 34.4 Å². The maximum absolute atomic E-state index is 12.4. The van der Waals surface area contributed by atoms with Crippen molar-refractivity contribution in [3.63, 3.8) is 0 Å². The van der Waals surface area contributed by atoms with Crippen LogP contribution in [0.4, 0.5) is 5.13 Å². The standard InChI is InChI=1S/C22H19BrN4O2S3/c1-2-27-17-9-8-15(23)10-18(17)32-22(27)26-20(29)13-30-12-19(28)25-21-24-16(11-31-21)14-6-4-3-5-7-14/h3-11H,2,12-13H2,1H3,(H,24,25,28). The van der Waals surface area contributed by atoms with Gasteiger partial charge in [0.1, 0.15) is 0 Å². The number of carbonyl (C=O) groups excluding carboxylic acids is 2. The van der Waals surface area contributed by atoms with Crippen LogP contribution in [-0.2, 0) is 16.1 Å². The van der Waals surface area contributed by atoms with Gasteiger partial charge in [-0.15, -0.1) is 23.1 Å². The molecule has 164 valence electrons. The monoisotopic (exact) mass is 546 g/mol. The Morgan fingerprint density at radius 2 is 2.00 bits per heavy atom. The molecule has 0 aliphatic carbocycles. The predicted octanol–water partition coefficient (Wildman–Crippen LogP) is 5.41. The largest absolute Gasteiger partial charge is 0.317 e.